The molecule has 6 heteroatoms. The highest BCUT2D eigenvalue weighted by atomic mass is 79.9. The summed E-state index contributed by atoms with van der Waals surface area (Å²) in [5, 5.41) is 2.21. The number of methoxy groups -OCH3 is 1. The van der Waals surface area contributed by atoms with E-state index in [1.54, 1.807) is 18.2 Å². The van der Waals surface area contributed by atoms with E-state index < -0.39 is 6.03 Å². The number of carbonyl (C=O) groups excluding carboxylic acids is 2. The summed E-state index contributed by atoms with van der Waals surface area (Å²) in [7, 11) is 1.52. The number of amides is 3. The zero-order valence-corrected chi connectivity index (χ0v) is 10.1. The molecular formula is C10H9BrN2O3. The van der Waals surface area contributed by atoms with Gasteiger partial charge >= 0.3 is 6.03 Å². The number of carbonyl (C=O) groups is 2. The summed E-state index contributed by atoms with van der Waals surface area (Å²) >= 11 is 3.31. The van der Waals surface area contributed by atoms with Crippen LogP contribution in [-0.4, -0.2) is 25.6 Å². The van der Waals surface area contributed by atoms with Crippen LogP contribution in [0.2, 0.25) is 0 Å². The van der Waals surface area contributed by atoms with Crippen molar-refractivity contribution < 1.29 is 14.3 Å². The number of halogens is 1. The van der Waals surface area contributed by atoms with Crippen LogP contribution in [0.1, 0.15) is 0 Å². The summed E-state index contributed by atoms with van der Waals surface area (Å²) < 4.78 is 5.96. The Morgan fingerprint density at radius 3 is 2.75 bits per heavy atom. The maximum Gasteiger partial charge on any atom is 0.329 e. The van der Waals surface area contributed by atoms with Crippen molar-refractivity contribution >= 4 is 33.6 Å². The molecule has 1 aliphatic rings. The fraction of sp³-hybridized carbons (Fsp3) is 0.200. The van der Waals surface area contributed by atoms with Crippen molar-refractivity contribution in [2.24, 2.45) is 0 Å². The van der Waals surface area contributed by atoms with Crippen LogP contribution in [0.15, 0.2) is 22.7 Å². The Morgan fingerprint density at radius 2 is 2.19 bits per heavy atom. The Labute approximate surface area is 100 Å². The van der Waals surface area contributed by atoms with Gasteiger partial charge in [-0.1, -0.05) is 15.9 Å². The molecule has 0 aliphatic carbocycles. The Morgan fingerprint density at radius 1 is 1.44 bits per heavy atom. The Hall–Kier alpha value is -1.56. The van der Waals surface area contributed by atoms with E-state index >= 15 is 0 Å². The summed E-state index contributed by atoms with van der Waals surface area (Å²) in [5.41, 5.74) is 0.570. The van der Waals surface area contributed by atoms with Gasteiger partial charge in [-0.25, -0.2) is 4.79 Å². The molecule has 0 spiro atoms. The van der Waals surface area contributed by atoms with Gasteiger partial charge in [-0.3, -0.25) is 15.0 Å². The minimum absolute atomic E-state index is 0.0195. The van der Waals surface area contributed by atoms with Crippen LogP contribution >= 0.6 is 15.9 Å². The van der Waals surface area contributed by atoms with E-state index in [9.17, 15) is 9.59 Å². The summed E-state index contributed by atoms with van der Waals surface area (Å²) in [6.07, 6.45) is 0. The van der Waals surface area contributed by atoms with Crippen molar-refractivity contribution in [2.45, 2.75) is 0 Å². The molecule has 5 nitrogen and oxygen atoms in total. The van der Waals surface area contributed by atoms with Gasteiger partial charge in [0.05, 0.1) is 12.8 Å². The predicted octanol–water partition coefficient (Wildman–Crippen LogP) is 1.51. The van der Waals surface area contributed by atoms with E-state index in [1.165, 1.54) is 12.0 Å². The third-order valence-corrected chi connectivity index (χ3v) is 2.72. The molecule has 0 bridgehead atoms. The minimum atomic E-state index is -0.429. The zero-order chi connectivity index (χ0) is 11.7. The van der Waals surface area contributed by atoms with Crippen LogP contribution in [0.5, 0.6) is 5.75 Å². The lowest BCUT2D eigenvalue weighted by Crippen LogP contribution is -2.28. The first kappa shape index (κ1) is 10.9. The van der Waals surface area contributed by atoms with E-state index in [0.717, 1.165) is 4.47 Å². The van der Waals surface area contributed by atoms with E-state index in [4.69, 9.17) is 4.74 Å². The van der Waals surface area contributed by atoms with Gasteiger partial charge in [0.2, 0.25) is 5.91 Å². The van der Waals surface area contributed by atoms with E-state index in [-0.39, 0.29) is 12.5 Å². The predicted molar refractivity (Wildman–Crippen MR) is 61.6 cm³/mol. The summed E-state index contributed by atoms with van der Waals surface area (Å²) in [6, 6.07) is 4.84. The Bertz CT molecular complexity index is 461. The number of nitrogens with zero attached hydrogens (tertiary/aromatic N) is 1. The molecule has 16 heavy (non-hydrogen) atoms. The molecule has 1 saturated heterocycles. The number of urea groups is 1. The molecule has 0 saturated carbocycles. The fourth-order valence-corrected chi connectivity index (χ4v) is 1.86. The number of nitrogens with one attached hydrogen (secondary N) is 1. The highest BCUT2D eigenvalue weighted by Crippen LogP contribution is 2.32. The third-order valence-electron chi connectivity index (χ3n) is 2.22. The lowest BCUT2D eigenvalue weighted by molar-refractivity contribution is -0.117. The lowest BCUT2D eigenvalue weighted by Gasteiger charge is -2.16. The summed E-state index contributed by atoms with van der Waals surface area (Å²) in [6.45, 7) is 0.0195. The molecule has 1 aromatic carbocycles. The SMILES string of the molecule is COc1ccc(Br)cc1N1CC(=O)NC1=O. The van der Waals surface area contributed by atoms with E-state index in [0.29, 0.717) is 11.4 Å². The normalized spacial score (nSPS) is 15.2. The quantitative estimate of drug-likeness (QED) is 0.838. The molecular weight excluding hydrogens is 276 g/mol. The molecule has 1 N–H and O–H groups in total. The first-order valence-corrected chi connectivity index (χ1v) is 5.36. The van der Waals surface area contributed by atoms with Crippen LogP contribution in [-0.2, 0) is 4.79 Å². The molecule has 3 amide bonds. The van der Waals surface area contributed by atoms with Gasteiger partial charge in [-0.05, 0) is 18.2 Å². The molecule has 1 fully saturated rings. The number of ether oxygens (including phenoxy) is 1. The number of hydrogen-bond donors (Lipinski definition) is 1. The molecule has 1 aliphatic heterocycles. The smallest absolute Gasteiger partial charge is 0.329 e. The molecule has 1 aromatic rings. The number of hydrogen-bond acceptors (Lipinski definition) is 3. The van der Waals surface area contributed by atoms with Crippen molar-refractivity contribution in [3.05, 3.63) is 22.7 Å². The molecule has 1 heterocycles. The van der Waals surface area contributed by atoms with Gasteiger partial charge in [0.25, 0.3) is 0 Å². The standard InChI is InChI=1S/C10H9BrN2O3/c1-16-8-3-2-6(11)4-7(8)13-5-9(14)12-10(13)15/h2-4H,5H2,1H3,(H,12,14,15). The highest BCUT2D eigenvalue weighted by molar-refractivity contribution is 9.10. The molecule has 0 aromatic heterocycles. The Kier molecular flexibility index (Phi) is 2.82. The largest absolute Gasteiger partial charge is 0.495 e. The van der Waals surface area contributed by atoms with Crippen molar-refractivity contribution in [1.82, 2.24) is 5.32 Å². The minimum Gasteiger partial charge on any atom is -0.495 e. The van der Waals surface area contributed by atoms with Crippen LogP contribution in [0.3, 0.4) is 0 Å². The van der Waals surface area contributed by atoms with Crippen molar-refractivity contribution in [1.29, 1.82) is 0 Å². The van der Waals surface area contributed by atoms with Gasteiger partial charge in [-0.15, -0.1) is 0 Å². The number of rotatable bonds is 2. The topological polar surface area (TPSA) is 58.6 Å². The fourth-order valence-electron chi connectivity index (χ4n) is 1.51. The second-order valence-electron chi connectivity index (χ2n) is 3.26. The van der Waals surface area contributed by atoms with Gasteiger partial charge in [0.15, 0.2) is 0 Å². The number of benzene rings is 1. The zero-order valence-electron chi connectivity index (χ0n) is 8.49. The van der Waals surface area contributed by atoms with Gasteiger partial charge in [0.1, 0.15) is 12.3 Å². The van der Waals surface area contributed by atoms with Gasteiger partial charge in [0, 0.05) is 4.47 Å². The monoisotopic (exact) mass is 284 g/mol. The molecule has 0 unspecified atom stereocenters. The second kappa shape index (κ2) is 4.13. The summed E-state index contributed by atoms with van der Waals surface area (Å²) in [4.78, 5) is 23.9. The van der Waals surface area contributed by atoms with Crippen LogP contribution < -0.4 is 15.0 Å². The number of anilines is 1. The molecule has 0 atom stereocenters. The van der Waals surface area contributed by atoms with Crippen molar-refractivity contribution in [2.75, 3.05) is 18.6 Å². The number of imide groups is 1. The van der Waals surface area contributed by atoms with Gasteiger partial charge < -0.3 is 4.74 Å². The molecule has 0 radical (unpaired) electrons. The van der Waals surface area contributed by atoms with Crippen molar-refractivity contribution in [3.63, 3.8) is 0 Å². The second-order valence-corrected chi connectivity index (χ2v) is 4.17. The first-order valence-electron chi connectivity index (χ1n) is 4.56. The van der Waals surface area contributed by atoms with Crippen molar-refractivity contribution in [3.8, 4) is 5.75 Å². The van der Waals surface area contributed by atoms with Crippen LogP contribution in [0.25, 0.3) is 0 Å². The van der Waals surface area contributed by atoms with E-state index in [2.05, 4.69) is 21.2 Å². The first-order chi connectivity index (χ1) is 7.61. The van der Waals surface area contributed by atoms with E-state index in [1.807, 2.05) is 0 Å². The average Bonchev–Trinajstić information content (AvgIpc) is 2.57. The third kappa shape index (κ3) is 1.88. The lowest BCUT2D eigenvalue weighted by atomic mass is 10.2. The molecule has 2 rings (SSSR count). The van der Waals surface area contributed by atoms with Crippen LogP contribution in [0, 0.1) is 0 Å². The van der Waals surface area contributed by atoms with Crippen LogP contribution in [0.4, 0.5) is 10.5 Å². The maximum absolute atomic E-state index is 11.5. The van der Waals surface area contributed by atoms with Gasteiger partial charge in [-0.2, -0.15) is 0 Å². The highest BCUT2D eigenvalue weighted by Gasteiger charge is 2.29. The molecule has 84 valence electrons. The Balaban J connectivity index is 2.42. The summed E-state index contributed by atoms with van der Waals surface area (Å²) in [5.74, 6) is 0.236. The maximum atomic E-state index is 11.5. The average molecular weight is 285 g/mol.